The van der Waals surface area contributed by atoms with Crippen LogP contribution in [0.25, 0.3) is 0 Å². The molecule has 1 fully saturated rings. The van der Waals surface area contributed by atoms with E-state index in [1.807, 2.05) is 48.9 Å². The number of hydrogen-bond acceptors (Lipinski definition) is 4. The lowest BCUT2D eigenvalue weighted by Gasteiger charge is -2.31. The molecule has 0 spiro atoms. The van der Waals surface area contributed by atoms with Crippen LogP contribution in [0.15, 0.2) is 53.7 Å². The quantitative estimate of drug-likeness (QED) is 0.842. The molecule has 1 aromatic heterocycles. The molecular weight excluding hydrogens is 320 g/mol. The molecule has 3 rings (SSSR count). The van der Waals surface area contributed by atoms with E-state index in [1.54, 1.807) is 18.0 Å². The minimum absolute atomic E-state index is 0.0321. The minimum Gasteiger partial charge on any atom is -0.381 e. The standard InChI is InChI=1S/C19H22N2O2S/c1-24-17-6-4-15(5-7-17)19(22)21-18(14-8-11-23-12-9-14)16-3-2-10-20-13-16/h2-7,10,13-14,18H,8-9,11-12H2,1H3,(H,21,22). The van der Waals surface area contributed by atoms with Crippen molar-refractivity contribution in [2.24, 2.45) is 5.92 Å². The largest absolute Gasteiger partial charge is 0.381 e. The second-order valence-corrected chi connectivity index (χ2v) is 6.80. The van der Waals surface area contributed by atoms with E-state index in [9.17, 15) is 4.79 Å². The molecule has 1 aliphatic rings. The molecule has 0 aliphatic carbocycles. The Labute approximate surface area is 147 Å². The molecule has 4 nitrogen and oxygen atoms in total. The van der Waals surface area contributed by atoms with E-state index in [4.69, 9.17) is 4.74 Å². The molecule has 0 radical (unpaired) electrons. The molecule has 1 atom stereocenters. The summed E-state index contributed by atoms with van der Waals surface area (Å²) in [4.78, 5) is 18.1. The number of nitrogens with zero attached hydrogens (tertiary/aromatic N) is 1. The van der Waals surface area contributed by atoms with E-state index in [0.717, 1.165) is 36.5 Å². The number of hydrogen-bond donors (Lipinski definition) is 1. The molecule has 5 heteroatoms. The summed E-state index contributed by atoms with van der Waals surface area (Å²) in [5, 5.41) is 3.22. The van der Waals surface area contributed by atoms with Crippen LogP contribution in [0.1, 0.15) is 34.8 Å². The van der Waals surface area contributed by atoms with Gasteiger partial charge in [-0.3, -0.25) is 9.78 Å². The molecule has 1 unspecified atom stereocenters. The first-order valence-electron chi connectivity index (χ1n) is 8.20. The van der Waals surface area contributed by atoms with Gasteiger partial charge in [0, 0.05) is 36.1 Å². The molecule has 1 N–H and O–H groups in total. The monoisotopic (exact) mass is 342 g/mol. The van der Waals surface area contributed by atoms with Crippen molar-refractivity contribution in [1.29, 1.82) is 0 Å². The van der Waals surface area contributed by atoms with Gasteiger partial charge in [0.1, 0.15) is 0 Å². The number of amides is 1. The van der Waals surface area contributed by atoms with Gasteiger partial charge in [-0.1, -0.05) is 6.07 Å². The Balaban J connectivity index is 1.78. The first-order chi connectivity index (χ1) is 11.8. The minimum atomic E-state index is -0.0389. The molecule has 1 aliphatic heterocycles. The molecule has 2 aromatic rings. The summed E-state index contributed by atoms with van der Waals surface area (Å²) in [7, 11) is 0. The van der Waals surface area contributed by atoms with E-state index >= 15 is 0 Å². The predicted octanol–water partition coefficient (Wildman–Crippen LogP) is 3.70. The number of pyridine rings is 1. The van der Waals surface area contributed by atoms with Gasteiger partial charge < -0.3 is 10.1 Å². The Kier molecular flexibility index (Phi) is 5.88. The molecular formula is C19H22N2O2S. The second kappa shape index (κ2) is 8.31. The van der Waals surface area contributed by atoms with Crippen LogP contribution in [0.3, 0.4) is 0 Å². The SMILES string of the molecule is CSc1ccc(C(=O)NC(c2cccnc2)C2CCOCC2)cc1. The average Bonchev–Trinajstić information content (AvgIpc) is 2.67. The first-order valence-corrected chi connectivity index (χ1v) is 9.43. The Morgan fingerprint density at radius 1 is 1.25 bits per heavy atom. The maximum absolute atomic E-state index is 12.7. The molecule has 126 valence electrons. The Morgan fingerprint density at radius 3 is 2.62 bits per heavy atom. The van der Waals surface area contributed by atoms with Gasteiger partial charge in [0.2, 0.25) is 0 Å². The van der Waals surface area contributed by atoms with Crippen LogP contribution in [0.5, 0.6) is 0 Å². The van der Waals surface area contributed by atoms with Crippen LogP contribution < -0.4 is 5.32 Å². The molecule has 1 saturated heterocycles. The van der Waals surface area contributed by atoms with Crippen LogP contribution in [-0.4, -0.2) is 30.4 Å². The number of rotatable bonds is 5. The van der Waals surface area contributed by atoms with Crippen LogP contribution in [0, 0.1) is 5.92 Å². The van der Waals surface area contributed by atoms with Gasteiger partial charge in [0.25, 0.3) is 5.91 Å². The van der Waals surface area contributed by atoms with Gasteiger partial charge in [-0.05, 0) is 60.9 Å². The molecule has 0 bridgehead atoms. The van der Waals surface area contributed by atoms with Crippen molar-refractivity contribution in [2.45, 2.75) is 23.8 Å². The van der Waals surface area contributed by atoms with Crippen molar-refractivity contribution < 1.29 is 9.53 Å². The van der Waals surface area contributed by atoms with Crippen molar-refractivity contribution in [2.75, 3.05) is 19.5 Å². The third-order valence-corrected chi connectivity index (χ3v) is 5.16. The van der Waals surface area contributed by atoms with Crippen LogP contribution in [0.4, 0.5) is 0 Å². The first kappa shape index (κ1) is 17.0. The van der Waals surface area contributed by atoms with Gasteiger partial charge >= 0.3 is 0 Å². The Morgan fingerprint density at radius 2 is 2.00 bits per heavy atom. The molecule has 0 saturated carbocycles. The Hall–Kier alpha value is -1.85. The molecule has 2 heterocycles. The van der Waals surface area contributed by atoms with Crippen molar-refractivity contribution in [3.8, 4) is 0 Å². The fourth-order valence-corrected chi connectivity index (χ4v) is 3.46. The van der Waals surface area contributed by atoms with Gasteiger partial charge in [-0.25, -0.2) is 0 Å². The summed E-state index contributed by atoms with van der Waals surface area (Å²) in [6.45, 7) is 1.50. The highest BCUT2D eigenvalue weighted by atomic mass is 32.2. The summed E-state index contributed by atoms with van der Waals surface area (Å²) in [6.07, 6.45) is 7.53. The number of ether oxygens (including phenoxy) is 1. The number of aromatic nitrogens is 1. The topological polar surface area (TPSA) is 51.2 Å². The summed E-state index contributed by atoms with van der Waals surface area (Å²) in [5.74, 6) is 0.334. The van der Waals surface area contributed by atoms with E-state index < -0.39 is 0 Å². The maximum atomic E-state index is 12.7. The van der Waals surface area contributed by atoms with E-state index in [0.29, 0.717) is 11.5 Å². The molecule has 24 heavy (non-hydrogen) atoms. The van der Waals surface area contributed by atoms with Crippen molar-refractivity contribution in [3.05, 3.63) is 59.9 Å². The maximum Gasteiger partial charge on any atom is 0.251 e. The number of benzene rings is 1. The summed E-state index contributed by atoms with van der Waals surface area (Å²) in [6, 6.07) is 11.6. The number of nitrogens with one attached hydrogen (secondary N) is 1. The lowest BCUT2D eigenvalue weighted by atomic mass is 9.87. The number of carbonyl (C=O) groups excluding carboxylic acids is 1. The van der Waals surface area contributed by atoms with Crippen molar-refractivity contribution in [1.82, 2.24) is 10.3 Å². The van der Waals surface area contributed by atoms with Crippen molar-refractivity contribution >= 4 is 17.7 Å². The average molecular weight is 342 g/mol. The number of thioether (sulfide) groups is 1. The zero-order chi connectivity index (χ0) is 16.8. The smallest absolute Gasteiger partial charge is 0.251 e. The zero-order valence-electron chi connectivity index (χ0n) is 13.8. The van der Waals surface area contributed by atoms with E-state index in [2.05, 4.69) is 10.3 Å². The highest BCUT2D eigenvalue weighted by molar-refractivity contribution is 7.98. The van der Waals surface area contributed by atoms with Gasteiger partial charge in [0.15, 0.2) is 0 Å². The van der Waals surface area contributed by atoms with E-state index in [1.165, 1.54) is 0 Å². The zero-order valence-corrected chi connectivity index (χ0v) is 14.6. The van der Waals surface area contributed by atoms with Gasteiger partial charge in [-0.2, -0.15) is 0 Å². The van der Waals surface area contributed by atoms with Crippen LogP contribution in [-0.2, 0) is 4.74 Å². The van der Waals surface area contributed by atoms with Gasteiger partial charge in [0.05, 0.1) is 6.04 Å². The highest BCUT2D eigenvalue weighted by Gasteiger charge is 2.27. The second-order valence-electron chi connectivity index (χ2n) is 5.92. The van der Waals surface area contributed by atoms with Crippen LogP contribution in [0.2, 0.25) is 0 Å². The fraction of sp³-hybridized carbons (Fsp3) is 0.368. The highest BCUT2D eigenvalue weighted by Crippen LogP contribution is 2.30. The molecule has 1 amide bonds. The summed E-state index contributed by atoms with van der Waals surface area (Å²) in [5.41, 5.74) is 1.74. The summed E-state index contributed by atoms with van der Waals surface area (Å²) < 4.78 is 5.47. The predicted molar refractivity (Wildman–Crippen MR) is 96.2 cm³/mol. The van der Waals surface area contributed by atoms with Gasteiger partial charge in [-0.15, -0.1) is 11.8 Å². The third-order valence-electron chi connectivity index (χ3n) is 4.42. The van der Waals surface area contributed by atoms with Crippen LogP contribution >= 0.6 is 11.8 Å². The Bertz CT molecular complexity index is 655. The number of carbonyl (C=O) groups is 1. The van der Waals surface area contributed by atoms with Crippen molar-refractivity contribution in [3.63, 3.8) is 0 Å². The normalized spacial score (nSPS) is 16.5. The van der Waals surface area contributed by atoms with E-state index in [-0.39, 0.29) is 11.9 Å². The lowest BCUT2D eigenvalue weighted by molar-refractivity contribution is 0.0513. The third kappa shape index (κ3) is 4.16. The lowest BCUT2D eigenvalue weighted by Crippen LogP contribution is -2.36. The summed E-state index contributed by atoms with van der Waals surface area (Å²) >= 11 is 1.67. The molecule has 1 aromatic carbocycles. The fourth-order valence-electron chi connectivity index (χ4n) is 3.05.